The Labute approximate surface area is 296 Å². The Balaban J connectivity index is 1.61. The molecular weight excluding hydrogens is 601 g/mol. The Bertz CT molecular complexity index is 2200. The lowest BCUT2D eigenvalue weighted by Crippen LogP contribution is -2.01. The predicted octanol–water partition coefficient (Wildman–Crippen LogP) is 14.0. The second-order valence-corrected chi connectivity index (χ2v) is 12.9. The highest BCUT2D eigenvalue weighted by Gasteiger charge is 2.26. The maximum Gasteiger partial charge on any atom is -0.00235 e. The monoisotopic (exact) mass is 638 g/mol. The summed E-state index contributed by atoms with van der Waals surface area (Å²) < 4.78 is 0. The van der Waals surface area contributed by atoms with E-state index in [4.69, 9.17) is 0 Å². The molecule has 0 heterocycles. The van der Waals surface area contributed by atoms with Gasteiger partial charge in [0.15, 0.2) is 0 Å². The van der Waals surface area contributed by atoms with Gasteiger partial charge in [-0.1, -0.05) is 182 Å². The van der Waals surface area contributed by atoms with Crippen LogP contribution in [0.25, 0.3) is 77.9 Å². The fraction of sp³-hybridized carbons (Fsp3) is 0.0400. The minimum Gasteiger partial charge on any atom is -0.0622 e. The minimum atomic E-state index is 1.20. The highest BCUT2D eigenvalue weighted by Crippen LogP contribution is 2.52. The average molecular weight is 639 g/mol. The summed E-state index contributed by atoms with van der Waals surface area (Å²) in [5, 5.41) is 0. The first-order valence-corrected chi connectivity index (χ1v) is 17.4. The van der Waals surface area contributed by atoms with Crippen molar-refractivity contribution in [3.8, 4) is 77.9 Å². The SMILES string of the molecule is Cc1c(-c2ccccc2)cc(-c2cc(-c3ccccc3)c(C)c(-c3ccccc3)c2-c2ccccc2)c(-c2ccccc2)c1-c1ccccc1. The molecule has 0 aliphatic carbocycles. The summed E-state index contributed by atoms with van der Waals surface area (Å²) >= 11 is 0. The molecular formula is C50H38. The van der Waals surface area contributed by atoms with Gasteiger partial charge in [-0.15, -0.1) is 0 Å². The van der Waals surface area contributed by atoms with E-state index in [1.807, 2.05) is 0 Å². The topological polar surface area (TPSA) is 0 Å². The van der Waals surface area contributed by atoms with Crippen molar-refractivity contribution in [1.82, 2.24) is 0 Å². The number of hydrogen-bond acceptors (Lipinski definition) is 0. The van der Waals surface area contributed by atoms with Crippen LogP contribution in [0.1, 0.15) is 11.1 Å². The largest absolute Gasteiger partial charge is 0.0622 e. The van der Waals surface area contributed by atoms with Gasteiger partial charge in [0.25, 0.3) is 0 Å². The van der Waals surface area contributed by atoms with Crippen LogP contribution in [-0.4, -0.2) is 0 Å². The van der Waals surface area contributed by atoms with Gasteiger partial charge in [0.05, 0.1) is 0 Å². The van der Waals surface area contributed by atoms with Gasteiger partial charge in [-0.2, -0.15) is 0 Å². The first kappa shape index (κ1) is 31.1. The van der Waals surface area contributed by atoms with Crippen LogP contribution in [0.3, 0.4) is 0 Å². The molecule has 0 spiro atoms. The quantitative estimate of drug-likeness (QED) is 0.163. The molecule has 0 atom stereocenters. The van der Waals surface area contributed by atoms with E-state index in [0.29, 0.717) is 0 Å². The molecule has 8 rings (SSSR count). The van der Waals surface area contributed by atoms with E-state index in [1.54, 1.807) is 0 Å². The van der Waals surface area contributed by atoms with Gasteiger partial charge in [-0.25, -0.2) is 0 Å². The summed E-state index contributed by atoms with van der Waals surface area (Å²) in [5.41, 5.74) is 19.7. The third-order valence-electron chi connectivity index (χ3n) is 9.88. The van der Waals surface area contributed by atoms with Gasteiger partial charge in [0, 0.05) is 0 Å². The van der Waals surface area contributed by atoms with Crippen LogP contribution >= 0.6 is 0 Å². The first-order chi connectivity index (χ1) is 24.7. The second-order valence-electron chi connectivity index (χ2n) is 12.9. The average Bonchev–Trinajstić information content (AvgIpc) is 3.19. The minimum absolute atomic E-state index is 1.20. The molecule has 0 fully saturated rings. The van der Waals surface area contributed by atoms with E-state index >= 15 is 0 Å². The maximum absolute atomic E-state index is 2.46. The highest BCUT2D eigenvalue weighted by molar-refractivity contribution is 6.07. The van der Waals surface area contributed by atoms with Gasteiger partial charge in [0.2, 0.25) is 0 Å². The Morgan fingerprint density at radius 3 is 0.700 bits per heavy atom. The zero-order valence-corrected chi connectivity index (χ0v) is 28.5. The lowest BCUT2D eigenvalue weighted by atomic mass is 9.76. The summed E-state index contributed by atoms with van der Waals surface area (Å²) in [7, 11) is 0. The van der Waals surface area contributed by atoms with Crippen molar-refractivity contribution in [2.75, 3.05) is 0 Å². The van der Waals surface area contributed by atoms with Gasteiger partial charge < -0.3 is 0 Å². The fourth-order valence-electron chi connectivity index (χ4n) is 7.56. The zero-order valence-electron chi connectivity index (χ0n) is 28.5. The van der Waals surface area contributed by atoms with Crippen molar-refractivity contribution < 1.29 is 0 Å². The molecule has 50 heavy (non-hydrogen) atoms. The summed E-state index contributed by atoms with van der Waals surface area (Å²) in [6.07, 6.45) is 0. The molecule has 0 N–H and O–H groups in total. The third kappa shape index (κ3) is 5.76. The normalized spacial score (nSPS) is 11.0. The van der Waals surface area contributed by atoms with Gasteiger partial charge in [-0.3, -0.25) is 0 Å². The first-order valence-electron chi connectivity index (χ1n) is 17.4. The van der Waals surface area contributed by atoms with Gasteiger partial charge >= 0.3 is 0 Å². The summed E-state index contributed by atoms with van der Waals surface area (Å²) in [5.74, 6) is 0. The molecule has 0 radical (unpaired) electrons. The van der Waals surface area contributed by atoms with Crippen molar-refractivity contribution in [2.24, 2.45) is 0 Å². The van der Waals surface area contributed by atoms with Crippen LogP contribution < -0.4 is 0 Å². The number of rotatable bonds is 7. The molecule has 238 valence electrons. The molecule has 0 aliphatic heterocycles. The lowest BCUT2D eigenvalue weighted by molar-refractivity contribution is 1.42. The van der Waals surface area contributed by atoms with Crippen LogP contribution in [0.5, 0.6) is 0 Å². The molecule has 0 bridgehead atoms. The Morgan fingerprint density at radius 1 is 0.220 bits per heavy atom. The summed E-state index contributed by atoms with van der Waals surface area (Å²) in [6.45, 7) is 4.58. The second kappa shape index (κ2) is 13.7. The molecule has 0 saturated heterocycles. The number of hydrogen-bond donors (Lipinski definition) is 0. The van der Waals surface area contributed by atoms with Crippen molar-refractivity contribution in [1.29, 1.82) is 0 Å². The van der Waals surface area contributed by atoms with Crippen LogP contribution in [0.4, 0.5) is 0 Å². The van der Waals surface area contributed by atoms with Crippen molar-refractivity contribution in [3.05, 3.63) is 205 Å². The van der Waals surface area contributed by atoms with E-state index in [-0.39, 0.29) is 0 Å². The smallest absolute Gasteiger partial charge is 0.00235 e. The lowest BCUT2D eigenvalue weighted by Gasteiger charge is -2.27. The molecule has 0 nitrogen and oxygen atoms in total. The van der Waals surface area contributed by atoms with Crippen LogP contribution in [0.2, 0.25) is 0 Å². The van der Waals surface area contributed by atoms with E-state index in [2.05, 4.69) is 208 Å². The highest BCUT2D eigenvalue weighted by atomic mass is 14.3. The van der Waals surface area contributed by atoms with E-state index in [9.17, 15) is 0 Å². The van der Waals surface area contributed by atoms with Crippen LogP contribution in [0, 0.1) is 13.8 Å². The van der Waals surface area contributed by atoms with Gasteiger partial charge in [-0.05, 0) is 115 Å². The van der Waals surface area contributed by atoms with E-state index in [1.165, 1.54) is 89.0 Å². The van der Waals surface area contributed by atoms with E-state index in [0.717, 1.165) is 0 Å². The molecule has 0 saturated carbocycles. The molecule has 0 aromatic heterocycles. The molecule has 0 unspecified atom stereocenters. The predicted molar refractivity (Wildman–Crippen MR) is 214 cm³/mol. The molecule has 8 aromatic rings. The fourth-order valence-corrected chi connectivity index (χ4v) is 7.56. The number of benzene rings is 8. The summed E-state index contributed by atoms with van der Waals surface area (Å²) in [4.78, 5) is 0. The standard InChI is InChI=1S/C50H38/c1-35-43(37-21-9-3-10-22-37)33-45(49(41-29-17-7-18-30-41)47(35)39-25-13-5-14-26-39)46-34-44(38-23-11-4-12-24-38)36(2)48(40-27-15-6-16-28-40)50(46)42-31-19-8-20-32-42/h3-34H,1-2H3. The van der Waals surface area contributed by atoms with Crippen LogP contribution in [0.15, 0.2) is 194 Å². The zero-order chi connectivity index (χ0) is 33.9. The third-order valence-corrected chi connectivity index (χ3v) is 9.88. The Kier molecular flexibility index (Phi) is 8.51. The summed E-state index contributed by atoms with van der Waals surface area (Å²) in [6, 6.07) is 70.4. The molecule has 0 aliphatic rings. The Morgan fingerprint density at radius 2 is 0.440 bits per heavy atom. The Hall–Kier alpha value is -6.24. The van der Waals surface area contributed by atoms with Crippen molar-refractivity contribution in [2.45, 2.75) is 13.8 Å². The van der Waals surface area contributed by atoms with E-state index < -0.39 is 0 Å². The van der Waals surface area contributed by atoms with Crippen molar-refractivity contribution >= 4 is 0 Å². The van der Waals surface area contributed by atoms with Gasteiger partial charge in [0.1, 0.15) is 0 Å². The molecule has 0 heteroatoms. The van der Waals surface area contributed by atoms with Crippen molar-refractivity contribution in [3.63, 3.8) is 0 Å². The maximum atomic E-state index is 2.46. The molecule has 8 aromatic carbocycles. The van der Waals surface area contributed by atoms with Crippen LogP contribution in [-0.2, 0) is 0 Å². The molecule has 0 amide bonds.